The van der Waals surface area contributed by atoms with E-state index in [1.165, 1.54) is 22.6 Å². The molecular weight excluding hydrogens is 419 g/mol. The first-order valence-electron chi connectivity index (χ1n) is 11.1. The number of hydrogen-bond donors (Lipinski definition) is 0. The average molecular weight is 449 g/mol. The van der Waals surface area contributed by atoms with Crippen LogP contribution in [-0.2, 0) is 24.8 Å². The molecule has 2 heterocycles. The quantitative estimate of drug-likeness (QED) is 0.339. The highest BCUT2D eigenvalue weighted by Crippen LogP contribution is 2.37. The fourth-order valence-electron chi connectivity index (χ4n) is 4.11. The molecule has 0 spiro atoms. The fourth-order valence-corrected chi connectivity index (χ4v) is 5.26. The summed E-state index contributed by atoms with van der Waals surface area (Å²) in [5, 5.41) is 0.670. The van der Waals surface area contributed by atoms with Gasteiger partial charge in [-0.15, -0.1) is 11.3 Å². The highest BCUT2D eigenvalue weighted by molar-refractivity contribution is 7.19. The van der Waals surface area contributed by atoms with E-state index in [2.05, 4.69) is 52.0 Å². The van der Waals surface area contributed by atoms with Gasteiger partial charge in [-0.05, 0) is 40.7 Å². The Morgan fingerprint density at radius 1 is 1.03 bits per heavy atom. The number of halogens is 1. The van der Waals surface area contributed by atoms with Gasteiger partial charge in [-0.2, -0.15) is 0 Å². The Morgan fingerprint density at radius 2 is 1.75 bits per heavy atom. The van der Waals surface area contributed by atoms with Gasteiger partial charge in [-0.1, -0.05) is 71.0 Å². The molecule has 0 aliphatic carbocycles. The van der Waals surface area contributed by atoms with E-state index in [1.54, 1.807) is 22.0 Å². The SMILES string of the molecule is CCc1sc2nc(CC)n(Cc3cccc(F)c3)c(=O)c2c1-c1ccc(C(C)(C)C)cc1. The van der Waals surface area contributed by atoms with Crippen LogP contribution in [0.2, 0.25) is 0 Å². The maximum Gasteiger partial charge on any atom is 0.263 e. The van der Waals surface area contributed by atoms with Crippen LogP contribution in [0.4, 0.5) is 4.39 Å². The molecule has 0 radical (unpaired) electrons. The van der Waals surface area contributed by atoms with Gasteiger partial charge in [0.25, 0.3) is 5.56 Å². The Morgan fingerprint density at radius 3 is 2.34 bits per heavy atom. The average Bonchev–Trinajstić information content (AvgIpc) is 3.14. The number of fused-ring (bicyclic) bond motifs is 1. The summed E-state index contributed by atoms with van der Waals surface area (Å²) in [6.45, 7) is 11.0. The Bertz CT molecular complexity index is 1330. The number of aromatic nitrogens is 2. The third-order valence-electron chi connectivity index (χ3n) is 5.87. The molecule has 0 N–H and O–H groups in total. The van der Waals surface area contributed by atoms with Crippen LogP contribution in [0, 0.1) is 5.82 Å². The minimum atomic E-state index is -0.300. The zero-order chi connectivity index (χ0) is 23.0. The summed E-state index contributed by atoms with van der Waals surface area (Å²) < 4.78 is 15.5. The second-order valence-electron chi connectivity index (χ2n) is 9.16. The van der Waals surface area contributed by atoms with E-state index in [0.29, 0.717) is 18.4 Å². The zero-order valence-corrected chi connectivity index (χ0v) is 20.1. The van der Waals surface area contributed by atoms with E-state index in [4.69, 9.17) is 4.98 Å². The topological polar surface area (TPSA) is 34.9 Å². The van der Waals surface area contributed by atoms with Crippen LogP contribution in [0.15, 0.2) is 53.3 Å². The third-order valence-corrected chi connectivity index (χ3v) is 7.10. The lowest BCUT2D eigenvalue weighted by molar-refractivity contribution is 0.590. The molecule has 0 saturated heterocycles. The van der Waals surface area contributed by atoms with Crippen molar-refractivity contribution in [1.29, 1.82) is 0 Å². The lowest BCUT2D eigenvalue weighted by Crippen LogP contribution is -2.25. The van der Waals surface area contributed by atoms with E-state index in [0.717, 1.165) is 33.8 Å². The van der Waals surface area contributed by atoms with Crippen molar-refractivity contribution in [2.45, 2.75) is 59.4 Å². The Labute approximate surface area is 192 Å². The smallest absolute Gasteiger partial charge is 0.263 e. The molecule has 4 rings (SSSR count). The van der Waals surface area contributed by atoms with Crippen LogP contribution in [-0.4, -0.2) is 9.55 Å². The largest absolute Gasteiger partial charge is 0.292 e. The lowest BCUT2D eigenvalue weighted by atomic mass is 9.86. The predicted octanol–water partition coefficient (Wildman–Crippen LogP) is 6.73. The predicted molar refractivity (Wildman–Crippen MR) is 132 cm³/mol. The summed E-state index contributed by atoms with van der Waals surface area (Å²) >= 11 is 1.61. The van der Waals surface area contributed by atoms with Gasteiger partial charge in [0.1, 0.15) is 16.5 Å². The molecule has 0 amide bonds. The van der Waals surface area contributed by atoms with Gasteiger partial charge in [-0.3, -0.25) is 9.36 Å². The number of thiophene rings is 1. The molecule has 0 aliphatic rings. The van der Waals surface area contributed by atoms with Gasteiger partial charge in [-0.25, -0.2) is 9.37 Å². The maximum absolute atomic E-state index is 13.8. The van der Waals surface area contributed by atoms with Crippen molar-refractivity contribution >= 4 is 21.6 Å². The number of rotatable bonds is 5. The highest BCUT2D eigenvalue weighted by Gasteiger charge is 2.21. The first kappa shape index (κ1) is 22.4. The van der Waals surface area contributed by atoms with Crippen LogP contribution in [0.1, 0.15) is 56.4 Å². The van der Waals surface area contributed by atoms with Gasteiger partial charge in [0.2, 0.25) is 0 Å². The fraction of sp³-hybridized carbons (Fsp3) is 0.333. The second kappa shape index (κ2) is 8.62. The molecule has 32 heavy (non-hydrogen) atoms. The Kier molecular flexibility index (Phi) is 6.04. The molecule has 0 saturated carbocycles. The normalized spacial score (nSPS) is 11.9. The van der Waals surface area contributed by atoms with Crippen molar-refractivity contribution in [3.8, 4) is 11.1 Å². The first-order valence-corrected chi connectivity index (χ1v) is 11.9. The summed E-state index contributed by atoms with van der Waals surface area (Å²) in [6.07, 6.45) is 1.47. The molecule has 2 aromatic carbocycles. The van der Waals surface area contributed by atoms with Crippen molar-refractivity contribution in [3.63, 3.8) is 0 Å². The van der Waals surface area contributed by atoms with Crippen molar-refractivity contribution in [1.82, 2.24) is 9.55 Å². The molecule has 0 fully saturated rings. The van der Waals surface area contributed by atoms with Crippen molar-refractivity contribution in [2.75, 3.05) is 0 Å². The Hall–Kier alpha value is -2.79. The van der Waals surface area contributed by atoms with Crippen LogP contribution in [0.3, 0.4) is 0 Å². The second-order valence-corrected chi connectivity index (χ2v) is 10.2. The van der Waals surface area contributed by atoms with Gasteiger partial charge >= 0.3 is 0 Å². The molecule has 2 aromatic heterocycles. The van der Waals surface area contributed by atoms with Gasteiger partial charge < -0.3 is 0 Å². The van der Waals surface area contributed by atoms with Crippen LogP contribution in [0.5, 0.6) is 0 Å². The molecule has 4 aromatic rings. The first-order chi connectivity index (χ1) is 15.2. The van der Waals surface area contributed by atoms with E-state index < -0.39 is 0 Å². The molecule has 0 aliphatic heterocycles. The van der Waals surface area contributed by atoms with Crippen molar-refractivity contribution in [3.05, 3.63) is 86.5 Å². The summed E-state index contributed by atoms with van der Waals surface area (Å²) in [4.78, 5) is 20.6. The van der Waals surface area contributed by atoms with Crippen molar-refractivity contribution < 1.29 is 4.39 Å². The van der Waals surface area contributed by atoms with Gasteiger partial charge in [0.15, 0.2) is 0 Å². The van der Waals surface area contributed by atoms with Gasteiger partial charge in [0, 0.05) is 16.9 Å². The van der Waals surface area contributed by atoms with Crippen molar-refractivity contribution in [2.24, 2.45) is 0 Å². The molecule has 0 atom stereocenters. The minimum Gasteiger partial charge on any atom is -0.292 e. The summed E-state index contributed by atoms with van der Waals surface area (Å²) in [5.74, 6) is 0.427. The summed E-state index contributed by atoms with van der Waals surface area (Å²) in [5.41, 5.74) is 4.06. The number of aryl methyl sites for hydroxylation is 2. The third kappa shape index (κ3) is 4.14. The van der Waals surface area contributed by atoms with E-state index in [9.17, 15) is 9.18 Å². The Balaban J connectivity index is 1.93. The maximum atomic E-state index is 13.8. The number of benzene rings is 2. The number of nitrogens with zero attached hydrogens (tertiary/aromatic N) is 2. The standard InChI is InChI=1S/C27H29FN2OS/c1-6-21-23(18-11-13-19(14-12-18)27(3,4)5)24-25(32-21)29-22(7-2)30(26(24)31)16-17-9-8-10-20(28)15-17/h8-15H,6-7,16H2,1-5H3. The molecule has 0 unspecified atom stereocenters. The molecule has 0 bridgehead atoms. The molecular formula is C27H29FN2OS. The van der Waals surface area contributed by atoms with Crippen LogP contribution < -0.4 is 5.56 Å². The minimum absolute atomic E-state index is 0.0537. The van der Waals surface area contributed by atoms with Gasteiger partial charge in [0.05, 0.1) is 11.9 Å². The summed E-state index contributed by atoms with van der Waals surface area (Å²) in [7, 11) is 0. The molecule has 5 heteroatoms. The van der Waals surface area contributed by atoms with E-state index in [1.807, 2.05) is 13.0 Å². The van der Waals surface area contributed by atoms with Crippen LogP contribution in [0.25, 0.3) is 21.3 Å². The summed E-state index contributed by atoms with van der Waals surface area (Å²) in [6, 6.07) is 14.9. The monoisotopic (exact) mass is 448 g/mol. The molecule has 166 valence electrons. The van der Waals surface area contributed by atoms with E-state index in [-0.39, 0.29) is 16.8 Å². The highest BCUT2D eigenvalue weighted by atomic mass is 32.1. The zero-order valence-electron chi connectivity index (χ0n) is 19.3. The lowest BCUT2D eigenvalue weighted by Gasteiger charge is -2.19. The van der Waals surface area contributed by atoms with Crippen LogP contribution >= 0.6 is 11.3 Å². The number of hydrogen-bond acceptors (Lipinski definition) is 3. The molecule has 3 nitrogen and oxygen atoms in total. The van der Waals surface area contributed by atoms with E-state index >= 15 is 0 Å².